The van der Waals surface area contributed by atoms with Crippen LogP contribution in [0.1, 0.15) is 33.6 Å². The van der Waals surface area contributed by atoms with E-state index in [0.717, 1.165) is 21.8 Å². The number of thiophene rings is 1. The zero-order valence-electron chi connectivity index (χ0n) is 14.6. The maximum atomic E-state index is 12.8. The topological polar surface area (TPSA) is 58.6 Å². The number of hydrogen-bond acceptors (Lipinski definition) is 4. The van der Waals surface area contributed by atoms with Crippen molar-refractivity contribution in [3.8, 4) is 5.75 Å². The number of ether oxygens (including phenoxy) is 1. The Labute approximate surface area is 151 Å². The fourth-order valence-electron chi connectivity index (χ4n) is 3.30. The van der Waals surface area contributed by atoms with Gasteiger partial charge in [-0.05, 0) is 41.6 Å². The highest BCUT2D eigenvalue weighted by Gasteiger charge is 2.37. The third-order valence-electron chi connectivity index (χ3n) is 4.60. The molecule has 0 radical (unpaired) electrons. The van der Waals surface area contributed by atoms with Crippen molar-refractivity contribution >= 4 is 23.2 Å². The predicted molar refractivity (Wildman–Crippen MR) is 98.3 cm³/mol. The van der Waals surface area contributed by atoms with E-state index in [0.29, 0.717) is 13.1 Å². The Morgan fingerprint density at radius 2 is 1.92 bits per heavy atom. The highest BCUT2D eigenvalue weighted by molar-refractivity contribution is 7.12. The maximum absolute atomic E-state index is 12.8. The van der Waals surface area contributed by atoms with Crippen LogP contribution in [-0.2, 0) is 4.79 Å². The lowest BCUT2D eigenvalue weighted by Crippen LogP contribution is -2.39. The molecule has 1 fully saturated rings. The van der Waals surface area contributed by atoms with Crippen molar-refractivity contribution in [3.05, 3.63) is 51.7 Å². The van der Waals surface area contributed by atoms with Crippen LogP contribution in [0.15, 0.2) is 35.7 Å². The average molecular weight is 358 g/mol. The summed E-state index contributed by atoms with van der Waals surface area (Å²) in [5, 5.41) is 4.94. The quantitative estimate of drug-likeness (QED) is 0.914. The Hall–Kier alpha value is -2.34. The van der Waals surface area contributed by atoms with Gasteiger partial charge in [0, 0.05) is 25.9 Å². The van der Waals surface area contributed by atoms with E-state index in [9.17, 15) is 9.59 Å². The van der Waals surface area contributed by atoms with Gasteiger partial charge in [0.05, 0.1) is 18.0 Å². The third kappa shape index (κ3) is 3.69. The normalized spacial score (nSPS) is 19.7. The molecule has 1 aliphatic heterocycles. The Morgan fingerprint density at radius 3 is 2.48 bits per heavy atom. The Morgan fingerprint density at radius 1 is 1.20 bits per heavy atom. The molecular formula is C19H22N2O3S. The fraction of sp³-hybridized carbons (Fsp3) is 0.368. The first kappa shape index (κ1) is 17.5. The van der Waals surface area contributed by atoms with Gasteiger partial charge in [0.25, 0.3) is 5.91 Å². The van der Waals surface area contributed by atoms with Crippen LogP contribution in [0.3, 0.4) is 0 Å². The van der Waals surface area contributed by atoms with Crippen molar-refractivity contribution < 1.29 is 14.3 Å². The van der Waals surface area contributed by atoms with Crippen LogP contribution >= 0.6 is 11.3 Å². The van der Waals surface area contributed by atoms with E-state index < -0.39 is 0 Å². The molecule has 0 bridgehead atoms. The van der Waals surface area contributed by atoms with Gasteiger partial charge >= 0.3 is 0 Å². The van der Waals surface area contributed by atoms with Crippen LogP contribution in [0.25, 0.3) is 0 Å². The molecule has 0 saturated carbocycles. The molecule has 2 aromatic rings. The number of likely N-dealkylation sites (tertiary alicyclic amines) is 1. The second kappa shape index (κ2) is 7.27. The summed E-state index contributed by atoms with van der Waals surface area (Å²) >= 11 is 1.47. The summed E-state index contributed by atoms with van der Waals surface area (Å²) in [6.45, 7) is 4.57. The fourth-order valence-corrected chi connectivity index (χ4v) is 4.19. The summed E-state index contributed by atoms with van der Waals surface area (Å²) in [5.74, 6) is 0.822. The zero-order valence-corrected chi connectivity index (χ0v) is 15.4. The molecule has 1 saturated heterocycles. The third-order valence-corrected chi connectivity index (χ3v) is 5.60. The van der Waals surface area contributed by atoms with E-state index in [4.69, 9.17) is 4.74 Å². The minimum absolute atomic E-state index is 0.0406. The van der Waals surface area contributed by atoms with Gasteiger partial charge in [-0.25, -0.2) is 0 Å². The number of aryl methyl sites for hydroxylation is 1. The Balaban J connectivity index is 1.84. The van der Waals surface area contributed by atoms with Crippen molar-refractivity contribution in [1.29, 1.82) is 0 Å². The SMILES string of the molecule is COc1ccc(C2CN(C(=O)c3sccc3C)CC2NC(C)=O)cc1. The lowest BCUT2D eigenvalue weighted by Gasteiger charge is -2.19. The Kier molecular flexibility index (Phi) is 5.08. The van der Waals surface area contributed by atoms with Crippen LogP contribution < -0.4 is 10.1 Å². The van der Waals surface area contributed by atoms with Crippen molar-refractivity contribution in [3.63, 3.8) is 0 Å². The largest absolute Gasteiger partial charge is 0.497 e. The van der Waals surface area contributed by atoms with E-state index in [1.54, 1.807) is 7.11 Å². The second-order valence-electron chi connectivity index (χ2n) is 6.33. The molecule has 2 atom stereocenters. The molecule has 2 heterocycles. The summed E-state index contributed by atoms with van der Waals surface area (Å²) in [5.41, 5.74) is 2.09. The molecule has 132 valence electrons. The van der Waals surface area contributed by atoms with E-state index in [1.165, 1.54) is 18.3 Å². The van der Waals surface area contributed by atoms with Crippen LogP contribution in [0, 0.1) is 6.92 Å². The predicted octanol–water partition coefficient (Wildman–Crippen LogP) is 2.81. The summed E-state index contributed by atoms with van der Waals surface area (Å²) in [6, 6.07) is 9.70. The molecular weight excluding hydrogens is 336 g/mol. The summed E-state index contributed by atoms with van der Waals surface area (Å²) in [7, 11) is 1.63. The van der Waals surface area contributed by atoms with E-state index in [1.807, 2.05) is 47.5 Å². The molecule has 0 aliphatic carbocycles. The molecule has 2 unspecified atom stereocenters. The molecule has 0 spiro atoms. The molecule has 1 aromatic carbocycles. The molecule has 1 aromatic heterocycles. The zero-order chi connectivity index (χ0) is 18.0. The molecule has 2 amide bonds. The van der Waals surface area contributed by atoms with Crippen LogP contribution in [0.5, 0.6) is 5.75 Å². The highest BCUT2D eigenvalue weighted by atomic mass is 32.1. The number of nitrogens with one attached hydrogen (secondary N) is 1. The van der Waals surface area contributed by atoms with E-state index >= 15 is 0 Å². The number of rotatable bonds is 4. The number of hydrogen-bond donors (Lipinski definition) is 1. The number of nitrogens with zero attached hydrogens (tertiary/aromatic N) is 1. The van der Waals surface area contributed by atoms with Crippen molar-refractivity contribution in [2.45, 2.75) is 25.8 Å². The van der Waals surface area contributed by atoms with Crippen LogP contribution in [-0.4, -0.2) is 43.0 Å². The van der Waals surface area contributed by atoms with Gasteiger partial charge in [0.15, 0.2) is 0 Å². The number of carbonyl (C=O) groups is 2. The van der Waals surface area contributed by atoms with E-state index in [2.05, 4.69) is 5.32 Å². The summed E-state index contributed by atoms with van der Waals surface area (Å²) in [6.07, 6.45) is 0. The van der Waals surface area contributed by atoms with Gasteiger partial charge in [-0.1, -0.05) is 12.1 Å². The molecule has 6 heteroatoms. The van der Waals surface area contributed by atoms with Crippen LogP contribution in [0.2, 0.25) is 0 Å². The molecule has 1 aliphatic rings. The number of carbonyl (C=O) groups excluding carboxylic acids is 2. The minimum atomic E-state index is -0.0879. The van der Waals surface area contributed by atoms with Gasteiger partial charge in [-0.3, -0.25) is 9.59 Å². The molecule has 1 N–H and O–H groups in total. The van der Waals surface area contributed by atoms with Gasteiger partial charge in [0.1, 0.15) is 5.75 Å². The van der Waals surface area contributed by atoms with Crippen molar-refractivity contribution in [2.24, 2.45) is 0 Å². The minimum Gasteiger partial charge on any atom is -0.497 e. The van der Waals surface area contributed by atoms with Gasteiger partial charge in [0.2, 0.25) is 5.91 Å². The maximum Gasteiger partial charge on any atom is 0.264 e. The smallest absolute Gasteiger partial charge is 0.264 e. The summed E-state index contributed by atoms with van der Waals surface area (Å²) in [4.78, 5) is 27.1. The monoisotopic (exact) mass is 358 g/mol. The lowest BCUT2D eigenvalue weighted by atomic mass is 9.94. The van der Waals surface area contributed by atoms with Gasteiger partial charge in [-0.15, -0.1) is 11.3 Å². The van der Waals surface area contributed by atoms with Crippen LogP contribution in [0.4, 0.5) is 0 Å². The van der Waals surface area contributed by atoms with Gasteiger partial charge < -0.3 is 15.0 Å². The lowest BCUT2D eigenvalue weighted by molar-refractivity contribution is -0.119. The Bertz CT molecular complexity index is 769. The molecule has 25 heavy (non-hydrogen) atoms. The van der Waals surface area contributed by atoms with E-state index in [-0.39, 0.29) is 23.8 Å². The number of methoxy groups -OCH3 is 1. The first-order valence-corrected chi connectivity index (χ1v) is 9.12. The second-order valence-corrected chi connectivity index (χ2v) is 7.25. The van der Waals surface area contributed by atoms with Crippen molar-refractivity contribution in [1.82, 2.24) is 10.2 Å². The molecule has 5 nitrogen and oxygen atoms in total. The standard InChI is InChI=1S/C19H22N2O3S/c1-12-8-9-25-18(12)19(23)21-10-16(17(11-21)20-13(2)22)14-4-6-15(24-3)7-5-14/h4-9,16-17H,10-11H2,1-3H3,(H,20,22). The summed E-state index contributed by atoms with van der Waals surface area (Å²) < 4.78 is 5.21. The average Bonchev–Trinajstić information content (AvgIpc) is 3.20. The highest BCUT2D eigenvalue weighted by Crippen LogP contribution is 2.31. The first-order chi connectivity index (χ1) is 12.0. The number of amides is 2. The number of benzene rings is 1. The van der Waals surface area contributed by atoms with Gasteiger partial charge in [-0.2, -0.15) is 0 Å². The first-order valence-electron chi connectivity index (χ1n) is 8.24. The molecule has 3 rings (SSSR count). The van der Waals surface area contributed by atoms with Crippen molar-refractivity contribution in [2.75, 3.05) is 20.2 Å².